The van der Waals surface area contributed by atoms with Gasteiger partial charge in [-0.3, -0.25) is 4.79 Å². The fourth-order valence-corrected chi connectivity index (χ4v) is 2.16. The molecule has 1 aliphatic rings. The van der Waals surface area contributed by atoms with Gasteiger partial charge in [-0.1, -0.05) is 6.07 Å². The molecule has 2 amide bonds. The third-order valence-corrected chi connectivity index (χ3v) is 3.20. The van der Waals surface area contributed by atoms with Crippen molar-refractivity contribution in [1.82, 2.24) is 5.32 Å². The van der Waals surface area contributed by atoms with Gasteiger partial charge in [-0.25, -0.2) is 4.79 Å². The van der Waals surface area contributed by atoms with Crippen LogP contribution in [0.25, 0.3) is 0 Å². The maximum absolute atomic E-state index is 12.5. The summed E-state index contributed by atoms with van der Waals surface area (Å²) in [6.45, 7) is 7.32. The van der Waals surface area contributed by atoms with Crippen molar-refractivity contribution >= 4 is 17.7 Å². The Bertz CT molecular complexity index is 592. The molecular weight excluding hydrogens is 284 g/mol. The van der Waals surface area contributed by atoms with Crippen LogP contribution in [0.15, 0.2) is 18.2 Å². The molecule has 6 heteroatoms. The number of hydrogen-bond acceptors (Lipinski definition) is 4. The van der Waals surface area contributed by atoms with Crippen molar-refractivity contribution in [3.05, 3.63) is 23.8 Å². The van der Waals surface area contributed by atoms with Crippen molar-refractivity contribution in [3.63, 3.8) is 0 Å². The number of carbonyl (C=O) groups is 2. The maximum atomic E-state index is 12.5. The molecule has 1 atom stereocenters. The van der Waals surface area contributed by atoms with Crippen LogP contribution in [-0.4, -0.2) is 37.3 Å². The number of ether oxygens (including phenoxy) is 2. The molecule has 0 bridgehead atoms. The van der Waals surface area contributed by atoms with E-state index in [4.69, 9.17) is 9.47 Å². The molecule has 1 unspecified atom stereocenters. The van der Waals surface area contributed by atoms with Crippen LogP contribution in [0.1, 0.15) is 26.3 Å². The number of nitrogens with zero attached hydrogens (tertiary/aromatic N) is 1. The monoisotopic (exact) mass is 306 g/mol. The molecule has 0 saturated carbocycles. The summed E-state index contributed by atoms with van der Waals surface area (Å²) < 4.78 is 10.9. The first-order valence-electron chi connectivity index (χ1n) is 7.18. The topological polar surface area (TPSA) is 67.9 Å². The summed E-state index contributed by atoms with van der Waals surface area (Å²) in [7, 11) is 1.66. The Morgan fingerprint density at radius 3 is 2.73 bits per heavy atom. The second-order valence-corrected chi connectivity index (χ2v) is 6.38. The lowest BCUT2D eigenvalue weighted by Gasteiger charge is -2.23. The van der Waals surface area contributed by atoms with Crippen molar-refractivity contribution in [2.75, 3.05) is 18.6 Å². The maximum Gasteiger partial charge on any atom is 0.408 e. The van der Waals surface area contributed by atoms with E-state index >= 15 is 0 Å². The highest BCUT2D eigenvalue weighted by Crippen LogP contribution is 2.31. The lowest BCUT2D eigenvalue weighted by atomic mass is 10.2. The quantitative estimate of drug-likeness (QED) is 0.864. The van der Waals surface area contributed by atoms with Crippen LogP contribution in [-0.2, 0) is 9.53 Å². The van der Waals surface area contributed by atoms with E-state index in [9.17, 15) is 9.59 Å². The zero-order valence-corrected chi connectivity index (χ0v) is 13.6. The van der Waals surface area contributed by atoms with Crippen LogP contribution in [0, 0.1) is 6.92 Å². The van der Waals surface area contributed by atoms with E-state index in [2.05, 4.69) is 5.32 Å². The molecule has 22 heavy (non-hydrogen) atoms. The zero-order chi connectivity index (χ0) is 16.5. The van der Waals surface area contributed by atoms with E-state index in [0.29, 0.717) is 11.4 Å². The third kappa shape index (κ3) is 3.69. The molecule has 0 aromatic heterocycles. The van der Waals surface area contributed by atoms with Crippen LogP contribution in [0.4, 0.5) is 10.5 Å². The average molecular weight is 306 g/mol. The van der Waals surface area contributed by atoms with E-state index in [1.54, 1.807) is 27.8 Å². The van der Waals surface area contributed by atoms with Gasteiger partial charge in [-0.2, -0.15) is 0 Å². The van der Waals surface area contributed by atoms with E-state index in [0.717, 1.165) is 5.56 Å². The van der Waals surface area contributed by atoms with Crippen molar-refractivity contribution < 1.29 is 19.1 Å². The first-order valence-corrected chi connectivity index (χ1v) is 7.18. The number of benzene rings is 1. The first-order chi connectivity index (χ1) is 10.2. The predicted molar refractivity (Wildman–Crippen MR) is 83.2 cm³/mol. The number of fused-ring (bicyclic) bond motifs is 1. The van der Waals surface area contributed by atoms with Gasteiger partial charge in [-0.15, -0.1) is 0 Å². The molecule has 1 aromatic rings. The Kier molecular flexibility index (Phi) is 4.30. The highest BCUT2D eigenvalue weighted by atomic mass is 16.6. The Hall–Kier alpha value is -2.24. The fourth-order valence-electron chi connectivity index (χ4n) is 2.16. The van der Waals surface area contributed by atoms with E-state index in [1.807, 2.05) is 25.1 Å². The molecule has 120 valence electrons. The lowest BCUT2D eigenvalue weighted by Crippen LogP contribution is -2.50. The zero-order valence-electron chi connectivity index (χ0n) is 13.6. The van der Waals surface area contributed by atoms with Gasteiger partial charge in [0, 0.05) is 7.05 Å². The molecule has 0 fully saturated rings. The molecule has 0 spiro atoms. The summed E-state index contributed by atoms with van der Waals surface area (Å²) in [5.41, 5.74) is 1.10. The molecule has 1 heterocycles. The van der Waals surface area contributed by atoms with Gasteiger partial charge in [0.05, 0.1) is 5.69 Å². The smallest absolute Gasteiger partial charge is 0.408 e. The Morgan fingerprint density at radius 2 is 2.09 bits per heavy atom. The number of hydrogen-bond donors (Lipinski definition) is 1. The van der Waals surface area contributed by atoms with Crippen molar-refractivity contribution in [2.24, 2.45) is 0 Å². The Labute approximate surface area is 130 Å². The number of anilines is 1. The first kappa shape index (κ1) is 16.1. The van der Waals surface area contributed by atoms with Gasteiger partial charge < -0.3 is 19.7 Å². The molecule has 1 aromatic carbocycles. The standard InChI is InChI=1S/C16H22N2O4/c1-10-6-7-12-13(8-10)21-9-11(14(19)18(12)5)17-15(20)22-16(2,3)4/h6-8,11H,9H2,1-5H3,(H,17,20). The summed E-state index contributed by atoms with van der Waals surface area (Å²) >= 11 is 0. The van der Waals surface area contributed by atoms with Gasteiger partial charge in [-0.05, 0) is 45.4 Å². The van der Waals surface area contributed by atoms with Crippen LogP contribution in [0.3, 0.4) is 0 Å². The summed E-state index contributed by atoms with van der Waals surface area (Å²) in [6, 6.07) is 4.83. The fraction of sp³-hybridized carbons (Fsp3) is 0.500. The molecule has 6 nitrogen and oxygen atoms in total. The van der Waals surface area contributed by atoms with Gasteiger partial charge in [0.15, 0.2) is 0 Å². The van der Waals surface area contributed by atoms with Gasteiger partial charge >= 0.3 is 6.09 Å². The predicted octanol–water partition coefficient (Wildman–Crippen LogP) is 2.24. The minimum atomic E-state index is -0.785. The van der Waals surface area contributed by atoms with Gasteiger partial charge in [0.2, 0.25) is 0 Å². The van der Waals surface area contributed by atoms with Crippen LogP contribution >= 0.6 is 0 Å². The SMILES string of the molecule is Cc1ccc2c(c1)OCC(NC(=O)OC(C)(C)C)C(=O)N2C. The number of amides is 2. The highest BCUT2D eigenvalue weighted by molar-refractivity contribution is 6.00. The van der Waals surface area contributed by atoms with E-state index in [-0.39, 0.29) is 12.5 Å². The summed E-state index contributed by atoms with van der Waals surface area (Å²) in [6.07, 6.45) is -0.634. The van der Waals surface area contributed by atoms with Crippen molar-refractivity contribution in [2.45, 2.75) is 39.3 Å². The normalized spacial score (nSPS) is 18.1. The number of carbonyl (C=O) groups excluding carboxylic acids is 2. The number of aryl methyl sites for hydroxylation is 1. The third-order valence-electron chi connectivity index (χ3n) is 3.20. The van der Waals surface area contributed by atoms with Gasteiger partial charge in [0.25, 0.3) is 5.91 Å². The van der Waals surface area contributed by atoms with Crippen molar-refractivity contribution in [1.29, 1.82) is 0 Å². The van der Waals surface area contributed by atoms with Gasteiger partial charge in [0.1, 0.15) is 24.0 Å². The Morgan fingerprint density at radius 1 is 1.41 bits per heavy atom. The van der Waals surface area contributed by atoms with Crippen molar-refractivity contribution in [3.8, 4) is 5.75 Å². The highest BCUT2D eigenvalue weighted by Gasteiger charge is 2.31. The molecule has 2 rings (SSSR count). The second-order valence-electron chi connectivity index (χ2n) is 6.38. The minimum Gasteiger partial charge on any atom is -0.489 e. The molecule has 1 N–H and O–H groups in total. The summed E-state index contributed by atoms with van der Waals surface area (Å²) in [4.78, 5) is 25.8. The molecule has 1 aliphatic heterocycles. The summed E-state index contributed by atoms with van der Waals surface area (Å²) in [5.74, 6) is 0.387. The molecular formula is C16H22N2O4. The van der Waals surface area contributed by atoms with E-state index < -0.39 is 17.7 Å². The lowest BCUT2D eigenvalue weighted by molar-refractivity contribution is -0.120. The number of alkyl carbamates (subject to hydrolysis) is 1. The Balaban J connectivity index is 2.14. The molecule has 0 radical (unpaired) electrons. The summed E-state index contributed by atoms with van der Waals surface area (Å²) in [5, 5.41) is 2.57. The van der Waals surface area contributed by atoms with Crippen LogP contribution in [0.5, 0.6) is 5.75 Å². The largest absolute Gasteiger partial charge is 0.489 e. The second kappa shape index (κ2) is 5.87. The number of rotatable bonds is 1. The minimum absolute atomic E-state index is 0.0683. The number of likely N-dealkylation sites (N-methyl/N-ethyl adjacent to an activating group) is 1. The number of nitrogens with one attached hydrogen (secondary N) is 1. The van der Waals surface area contributed by atoms with E-state index in [1.165, 1.54) is 4.90 Å². The average Bonchev–Trinajstić information content (AvgIpc) is 2.49. The molecule has 0 aliphatic carbocycles. The molecule has 0 saturated heterocycles. The van der Waals surface area contributed by atoms with Crippen LogP contribution in [0.2, 0.25) is 0 Å². The van der Waals surface area contributed by atoms with Crippen LogP contribution < -0.4 is 15.0 Å².